The molecule has 0 aliphatic carbocycles. The standard InChI is InChI=1S/C27H29N3O3/c1-19-12-13-22(16-20(19)2)24-11-7-15-30(24)27(33)23-10-6-14-29(26(23)32)18-25(31)28-17-21-8-4-3-5-9-21/h3-6,8-10,12-14,16,24H,7,11,15,17-18H2,1-2H3,(H,28,31)/t24-/m1/s1. The molecule has 1 N–H and O–H groups in total. The van der Waals surface area contributed by atoms with Gasteiger partial charge in [-0.2, -0.15) is 0 Å². The molecule has 0 unspecified atom stereocenters. The molecule has 33 heavy (non-hydrogen) atoms. The molecule has 2 aromatic carbocycles. The molecule has 6 heteroatoms. The van der Waals surface area contributed by atoms with Crippen LogP contribution in [0.3, 0.4) is 0 Å². The van der Waals surface area contributed by atoms with Crippen LogP contribution in [0.4, 0.5) is 0 Å². The Morgan fingerprint density at radius 3 is 2.55 bits per heavy atom. The summed E-state index contributed by atoms with van der Waals surface area (Å²) in [5.41, 5.74) is 4.14. The lowest BCUT2D eigenvalue weighted by Crippen LogP contribution is -2.38. The van der Waals surface area contributed by atoms with E-state index in [-0.39, 0.29) is 30.0 Å². The molecule has 0 spiro atoms. The largest absolute Gasteiger partial charge is 0.350 e. The number of aryl methyl sites for hydroxylation is 2. The third kappa shape index (κ3) is 5.06. The van der Waals surface area contributed by atoms with Crippen molar-refractivity contribution in [3.05, 3.63) is 105 Å². The van der Waals surface area contributed by atoms with Gasteiger partial charge in [0.2, 0.25) is 5.91 Å². The monoisotopic (exact) mass is 443 g/mol. The molecule has 1 saturated heterocycles. The Morgan fingerprint density at radius 1 is 1.00 bits per heavy atom. The van der Waals surface area contributed by atoms with Gasteiger partial charge in [-0.05, 0) is 61.1 Å². The quantitative estimate of drug-likeness (QED) is 0.631. The third-order valence-corrected chi connectivity index (χ3v) is 6.33. The van der Waals surface area contributed by atoms with Crippen molar-refractivity contribution in [2.75, 3.05) is 6.54 Å². The van der Waals surface area contributed by atoms with Crippen molar-refractivity contribution in [1.29, 1.82) is 0 Å². The summed E-state index contributed by atoms with van der Waals surface area (Å²) in [6.45, 7) is 5.01. The Morgan fingerprint density at radius 2 is 1.79 bits per heavy atom. The van der Waals surface area contributed by atoms with Gasteiger partial charge in [-0.1, -0.05) is 48.5 Å². The highest BCUT2D eigenvalue weighted by Crippen LogP contribution is 2.33. The van der Waals surface area contributed by atoms with E-state index in [1.165, 1.54) is 15.7 Å². The van der Waals surface area contributed by atoms with Crippen LogP contribution in [0.5, 0.6) is 0 Å². The number of pyridine rings is 1. The van der Waals surface area contributed by atoms with Crippen LogP contribution in [0.2, 0.25) is 0 Å². The van der Waals surface area contributed by atoms with Crippen molar-refractivity contribution in [3.8, 4) is 0 Å². The van der Waals surface area contributed by atoms with E-state index in [2.05, 4.69) is 37.4 Å². The normalized spacial score (nSPS) is 15.5. The number of nitrogens with one attached hydrogen (secondary N) is 1. The molecule has 1 atom stereocenters. The maximum atomic E-state index is 13.4. The van der Waals surface area contributed by atoms with Crippen LogP contribution in [-0.4, -0.2) is 27.8 Å². The van der Waals surface area contributed by atoms with E-state index in [4.69, 9.17) is 0 Å². The zero-order chi connectivity index (χ0) is 23.4. The van der Waals surface area contributed by atoms with Crippen molar-refractivity contribution >= 4 is 11.8 Å². The second kappa shape index (κ2) is 9.86. The molecular weight excluding hydrogens is 414 g/mol. The number of hydrogen-bond donors (Lipinski definition) is 1. The van der Waals surface area contributed by atoms with Gasteiger partial charge in [-0.25, -0.2) is 0 Å². The molecule has 3 aromatic rings. The first-order valence-electron chi connectivity index (χ1n) is 11.3. The number of rotatable bonds is 6. The lowest BCUT2D eigenvalue weighted by Gasteiger charge is -2.25. The third-order valence-electron chi connectivity index (χ3n) is 6.33. The van der Waals surface area contributed by atoms with Crippen LogP contribution in [0.15, 0.2) is 71.7 Å². The topological polar surface area (TPSA) is 71.4 Å². The van der Waals surface area contributed by atoms with Gasteiger partial charge in [0.25, 0.3) is 11.5 Å². The van der Waals surface area contributed by atoms with Crippen LogP contribution in [0.25, 0.3) is 0 Å². The van der Waals surface area contributed by atoms with Crippen molar-refractivity contribution < 1.29 is 9.59 Å². The van der Waals surface area contributed by atoms with Crippen molar-refractivity contribution in [1.82, 2.24) is 14.8 Å². The van der Waals surface area contributed by atoms with Crippen LogP contribution >= 0.6 is 0 Å². The molecule has 2 heterocycles. The second-order valence-corrected chi connectivity index (χ2v) is 8.62. The maximum Gasteiger partial charge on any atom is 0.263 e. The molecule has 4 rings (SSSR count). The lowest BCUT2D eigenvalue weighted by atomic mass is 9.99. The van der Waals surface area contributed by atoms with Gasteiger partial charge in [0.15, 0.2) is 0 Å². The molecule has 1 fully saturated rings. The number of aromatic nitrogens is 1. The summed E-state index contributed by atoms with van der Waals surface area (Å²) in [4.78, 5) is 40.6. The lowest BCUT2D eigenvalue weighted by molar-refractivity contribution is -0.121. The Hall–Kier alpha value is -3.67. The number of amides is 2. The molecule has 1 aromatic heterocycles. The SMILES string of the molecule is Cc1ccc([C@H]2CCCN2C(=O)c2cccn(CC(=O)NCc3ccccc3)c2=O)cc1C. The fraction of sp³-hybridized carbons (Fsp3) is 0.296. The summed E-state index contributed by atoms with van der Waals surface area (Å²) in [6, 6.07) is 19.0. The van der Waals surface area contributed by atoms with Crippen molar-refractivity contribution in [2.24, 2.45) is 0 Å². The summed E-state index contributed by atoms with van der Waals surface area (Å²) < 4.78 is 1.30. The highest BCUT2D eigenvalue weighted by Gasteiger charge is 2.32. The van der Waals surface area contributed by atoms with E-state index >= 15 is 0 Å². The van der Waals surface area contributed by atoms with E-state index in [0.29, 0.717) is 13.1 Å². The van der Waals surface area contributed by atoms with Crippen molar-refractivity contribution in [3.63, 3.8) is 0 Å². The fourth-order valence-corrected chi connectivity index (χ4v) is 4.31. The first-order chi connectivity index (χ1) is 15.9. The van der Waals surface area contributed by atoms with Gasteiger partial charge in [-0.3, -0.25) is 14.4 Å². The van der Waals surface area contributed by atoms with Gasteiger partial charge in [0.05, 0.1) is 6.04 Å². The predicted molar refractivity (Wildman–Crippen MR) is 128 cm³/mol. The molecule has 6 nitrogen and oxygen atoms in total. The minimum absolute atomic E-state index is 0.0426. The van der Waals surface area contributed by atoms with Gasteiger partial charge in [0.1, 0.15) is 12.1 Å². The van der Waals surface area contributed by atoms with Crippen LogP contribution in [-0.2, 0) is 17.9 Å². The first-order valence-corrected chi connectivity index (χ1v) is 11.3. The Labute approximate surface area is 193 Å². The molecule has 0 saturated carbocycles. The number of likely N-dealkylation sites (tertiary alicyclic amines) is 1. The zero-order valence-corrected chi connectivity index (χ0v) is 19.1. The fourth-order valence-electron chi connectivity index (χ4n) is 4.31. The average Bonchev–Trinajstić information content (AvgIpc) is 3.31. The number of benzene rings is 2. The Balaban J connectivity index is 1.49. The summed E-state index contributed by atoms with van der Waals surface area (Å²) in [5.74, 6) is -0.556. The van der Waals surface area contributed by atoms with Gasteiger partial charge >= 0.3 is 0 Å². The summed E-state index contributed by atoms with van der Waals surface area (Å²) in [7, 11) is 0. The highest BCUT2D eigenvalue weighted by atomic mass is 16.2. The smallest absolute Gasteiger partial charge is 0.263 e. The van der Waals surface area contributed by atoms with Crippen LogP contribution in [0, 0.1) is 13.8 Å². The molecule has 2 amide bonds. The Kier molecular flexibility index (Phi) is 6.73. The minimum atomic E-state index is -0.442. The average molecular weight is 444 g/mol. The van der Waals surface area contributed by atoms with E-state index < -0.39 is 5.56 Å². The van der Waals surface area contributed by atoms with E-state index in [1.54, 1.807) is 23.2 Å². The highest BCUT2D eigenvalue weighted by molar-refractivity contribution is 5.94. The maximum absolute atomic E-state index is 13.4. The molecule has 0 radical (unpaired) electrons. The Bertz CT molecular complexity index is 1220. The number of carbonyl (C=O) groups excluding carboxylic acids is 2. The minimum Gasteiger partial charge on any atom is -0.350 e. The second-order valence-electron chi connectivity index (χ2n) is 8.62. The van der Waals surface area contributed by atoms with E-state index in [9.17, 15) is 14.4 Å². The summed E-state index contributed by atoms with van der Waals surface area (Å²) in [5, 5.41) is 2.82. The molecular formula is C27H29N3O3. The first kappa shape index (κ1) is 22.5. The molecule has 170 valence electrons. The number of carbonyl (C=O) groups is 2. The zero-order valence-electron chi connectivity index (χ0n) is 19.1. The summed E-state index contributed by atoms with van der Waals surface area (Å²) in [6.07, 6.45) is 3.31. The van der Waals surface area contributed by atoms with Gasteiger partial charge in [-0.15, -0.1) is 0 Å². The molecule has 0 bridgehead atoms. The number of nitrogens with zero attached hydrogens (tertiary/aromatic N) is 2. The van der Waals surface area contributed by atoms with Gasteiger partial charge in [0, 0.05) is 19.3 Å². The van der Waals surface area contributed by atoms with Crippen LogP contribution in [0.1, 0.15) is 51.5 Å². The van der Waals surface area contributed by atoms with Crippen molar-refractivity contribution in [2.45, 2.75) is 45.8 Å². The molecule has 1 aliphatic heterocycles. The predicted octanol–water partition coefficient (Wildman–Crippen LogP) is 3.76. The number of hydrogen-bond acceptors (Lipinski definition) is 3. The van der Waals surface area contributed by atoms with Gasteiger partial charge < -0.3 is 14.8 Å². The van der Waals surface area contributed by atoms with E-state index in [1.807, 2.05) is 30.3 Å². The molecule has 1 aliphatic rings. The van der Waals surface area contributed by atoms with Crippen LogP contribution < -0.4 is 10.9 Å². The van der Waals surface area contributed by atoms with E-state index in [0.717, 1.165) is 24.0 Å². The summed E-state index contributed by atoms with van der Waals surface area (Å²) >= 11 is 0.